The molecule has 3 nitrogen and oxygen atoms in total. The maximum absolute atomic E-state index is 11.4. The Hall–Kier alpha value is -0.570. The van der Waals surface area contributed by atoms with Crippen molar-refractivity contribution in [2.75, 3.05) is 6.54 Å². The fraction of sp³-hybridized carbons (Fsp3) is 0.889. The number of nitrogens with two attached hydrogens (primary N) is 1. The van der Waals surface area contributed by atoms with E-state index in [2.05, 4.69) is 5.32 Å². The van der Waals surface area contributed by atoms with Crippen LogP contribution < -0.4 is 5.32 Å². The molecule has 0 radical (unpaired) electrons. The molecule has 0 spiro atoms. The van der Waals surface area contributed by atoms with Gasteiger partial charge >= 0.3 is 5.97 Å². The number of carbonyl (C=O) groups is 1. The van der Waals surface area contributed by atoms with E-state index in [0.29, 0.717) is 0 Å². The fourth-order valence-corrected chi connectivity index (χ4v) is 1.37. The molecular weight excluding hydrogens is 154 g/mol. The van der Waals surface area contributed by atoms with Gasteiger partial charge in [-0.15, -0.1) is 0 Å². The highest BCUT2D eigenvalue weighted by Gasteiger charge is 2.30. The van der Waals surface area contributed by atoms with E-state index in [0.717, 1.165) is 19.4 Å². The average molecular weight is 172 g/mol. The Kier molecular flexibility index (Phi) is 2.73. The molecule has 1 fully saturated rings. The molecule has 0 aromatic carbocycles. The van der Waals surface area contributed by atoms with Gasteiger partial charge in [-0.25, -0.2) is 4.79 Å². The first-order valence-corrected chi connectivity index (χ1v) is 4.55. The molecule has 12 heavy (non-hydrogen) atoms. The number of hydrogen-bond acceptors (Lipinski definition) is 2. The molecule has 1 rings (SSSR count). The van der Waals surface area contributed by atoms with Crippen LogP contribution in [0.1, 0.15) is 33.6 Å². The van der Waals surface area contributed by atoms with Gasteiger partial charge in [0.2, 0.25) is 0 Å². The van der Waals surface area contributed by atoms with E-state index in [1.54, 1.807) is 0 Å². The van der Waals surface area contributed by atoms with Crippen LogP contribution in [0.25, 0.3) is 0 Å². The van der Waals surface area contributed by atoms with Crippen LogP contribution in [0.2, 0.25) is 0 Å². The van der Waals surface area contributed by atoms with Gasteiger partial charge in [-0.05, 0) is 20.8 Å². The highest BCUT2D eigenvalue weighted by Crippen LogP contribution is 2.10. The van der Waals surface area contributed by atoms with Crippen molar-refractivity contribution in [3.8, 4) is 0 Å². The van der Waals surface area contributed by atoms with E-state index in [1.807, 2.05) is 20.8 Å². The minimum absolute atomic E-state index is 0.0556. The van der Waals surface area contributed by atoms with Crippen LogP contribution in [0.5, 0.6) is 0 Å². The molecule has 1 atom stereocenters. The highest BCUT2D eigenvalue weighted by molar-refractivity contribution is 5.74. The summed E-state index contributed by atoms with van der Waals surface area (Å²) in [6, 6.07) is 0.0595. The van der Waals surface area contributed by atoms with E-state index in [1.165, 1.54) is 0 Å². The fourth-order valence-electron chi connectivity index (χ4n) is 1.37. The van der Waals surface area contributed by atoms with Gasteiger partial charge in [-0.2, -0.15) is 0 Å². The standard InChI is InChI=1S/C9H17NO2/c1-9(2,3)12-8(11)7-5-4-6-10-7/h7,10H,4-6H2,1-3H3/p+1. The summed E-state index contributed by atoms with van der Waals surface area (Å²) in [5.41, 5.74) is -0.340. The van der Waals surface area contributed by atoms with Gasteiger partial charge in [0.15, 0.2) is 6.04 Å². The molecule has 0 saturated carbocycles. The van der Waals surface area contributed by atoms with Crippen molar-refractivity contribution in [2.45, 2.75) is 45.3 Å². The van der Waals surface area contributed by atoms with E-state index in [9.17, 15) is 4.79 Å². The minimum Gasteiger partial charge on any atom is -0.456 e. The third kappa shape index (κ3) is 2.81. The summed E-state index contributed by atoms with van der Waals surface area (Å²) in [6.45, 7) is 6.77. The Morgan fingerprint density at radius 3 is 2.58 bits per heavy atom. The Bertz CT molecular complexity index is 166. The summed E-state index contributed by atoms with van der Waals surface area (Å²) in [4.78, 5) is 11.4. The first-order chi connectivity index (χ1) is 5.49. The third-order valence-electron chi connectivity index (χ3n) is 1.88. The molecule has 1 heterocycles. The van der Waals surface area contributed by atoms with Gasteiger partial charge in [0.25, 0.3) is 0 Å². The van der Waals surface area contributed by atoms with Crippen molar-refractivity contribution in [1.29, 1.82) is 0 Å². The summed E-state index contributed by atoms with van der Waals surface area (Å²) < 4.78 is 5.25. The molecule has 70 valence electrons. The van der Waals surface area contributed by atoms with Gasteiger partial charge in [0.1, 0.15) is 5.60 Å². The van der Waals surface area contributed by atoms with E-state index in [-0.39, 0.29) is 17.6 Å². The topological polar surface area (TPSA) is 42.9 Å². The lowest BCUT2D eigenvalue weighted by Gasteiger charge is -2.20. The SMILES string of the molecule is CC(C)(C)OC(=O)C1CCC[NH2+]1. The van der Waals surface area contributed by atoms with Crippen LogP contribution in [0.15, 0.2) is 0 Å². The summed E-state index contributed by atoms with van der Waals surface area (Å²) >= 11 is 0. The van der Waals surface area contributed by atoms with Crippen LogP contribution in [0.4, 0.5) is 0 Å². The lowest BCUT2D eigenvalue weighted by molar-refractivity contribution is -0.659. The minimum atomic E-state index is -0.340. The van der Waals surface area contributed by atoms with Gasteiger partial charge < -0.3 is 10.1 Å². The van der Waals surface area contributed by atoms with Crippen LogP contribution in [0, 0.1) is 0 Å². The number of rotatable bonds is 1. The molecule has 3 heteroatoms. The summed E-state index contributed by atoms with van der Waals surface area (Å²) in [7, 11) is 0. The molecule has 1 aliphatic heterocycles. The van der Waals surface area contributed by atoms with Crippen molar-refractivity contribution in [2.24, 2.45) is 0 Å². The monoisotopic (exact) mass is 172 g/mol. The molecule has 0 aliphatic carbocycles. The van der Waals surface area contributed by atoms with Crippen LogP contribution in [-0.4, -0.2) is 24.2 Å². The third-order valence-corrected chi connectivity index (χ3v) is 1.88. The summed E-state index contributed by atoms with van der Waals surface area (Å²) in [5, 5.41) is 2.06. The van der Waals surface area contributed by atoms with E-state index < -0.39 is 0 Å². The lowest BCUT2D eigenvalue weighted by atomic mass is 10.2. The molecule has 1 saturated heterocycles. The molecule has 1 unspecified atom stereocenters. The second-order valence-electron chi connectivity index (χ2n) is 4.31. The van der Waals surface area contributed by atoms with Crippen molar-refractivity contribution in [1.82, 2.24) is 0 Å². The molecule has 0 bridgehead atoms. The number of quaternary nitrogens is 1. The molecule has 0 aromatic heterocycles. The van der Waals surface area contributed by atoms with Crippen molar-refractivity contribution >= 4 is 5.97 Å². The summed E-state index contributed by atoms with van der Waals surface area (Å²) in [5.74, 6) is -0.0556. The van der Waals surface area contributed by atoms with Gasteiger partial charge in [-0.1, -0.05) is 0 Å². The maximum atomic E-state index is 11.4. The quantitative estimate of drug-likeness (QED) is 0.568. The lowest BCUT2D eigenvalue weighted by Crippen LogP contribution is -2.88. The average Bonchev–Trinajstić information content (AvgIpc) is 2.32. The molecule has 1 aliphatic rings. The molecule has 2 N–H and O–H groups in total. The van der Waals surface area contributed by atoms with Gasteiger partial charge in [0.05, 0.1) is 6.54 Å². The number of ether oxygens (including phenoxy) is 1. The molecule has 0 aromatic rings. The highest BCUT2D eigenvalue weighted by atomic mass is 16.6. The number of esters is 1. The van der Waals surface area contributed by atoms with Crippen molar-refractivity contribution in [3.63, 3.8) is 0 Å². The smallest absolute Gasteiger partial charge is 0.365 e. The van der Waals surface area contributed by atoms with Crippen LogP contribution in [-0.2, 0) is 9.53 Å². The van der Waals surface area contributed by atoms with Crippen LogP contribution >= 0.6 is 0 Å². The van der Waals surface area contributed by atoms with Gasteiger partial charge in [0, 0.05) is 12.8 Å². The van der Waals surface area contributed by atoms with E-state index >= 15 is 0 Å². The maximum Gasteiger partial charge on any atom is 0.365 e. The number of hydrogen-bond donors (Lipinski definition) is 1. The first-order valence-electron chi connectivity index (χ1n) is 4.55. The zero-order chi connectivity index (χ0) is 9.19. The zero-order valence-electron chi connectivity index (χ0n) is 8.09. The predicted octanol–water partition coefficient (Wildman–Crippen LogP) is 0.0539. The van der Waals surface area contributed by atoms with E-state index in [4.69, 9.17) is 4.74 Å². The Balaban J connectivity index is 2.37. The zero-order valence-corrected chi connectivity index (χ0v) is 8.09. The Morgan fingerprint density at radius 1 is 1.50 bits per heavy atom. The second-order valence-corrected chi connectivity index (χ2v) is 4.31. The normalized spacial score (nSPS) is 24.1. The predicted molar refractivity (Wildman–Crippen MR) is 45.7 cm³/mol. The largest absolute Gasteiger partial charge is 0.456 e. The molecular formula is C9H18NO2+. The van der Waals surface area contributed by atoms with Crippen molar-refractivity contribution in [3.05, 3.63) is 0 Å². The first kappa shape index (κ1) is 9.52. The van der Waals surface area contributed by atoms with Crippen LogP contribution in [0.3, 0.4) is 0 Å². The second kappa shape index (κ2) is 3.44. The van der Waals surface area contributed by atoms with Crippen molar-refractivity contribution < 1.29 is 14.8 Å². The Morgan fingerprint density at radius 2 is 2.17 bits per heavy atom. The number of carbonyl (C=O) groups excluding carboxylic acids is 1. The summed E-state index contributed by atoms with van der Waals surface area (Å²) in [6.07, 6.45) is 2.10. The molecule has 0 amide bonds. The Labute approximate surface area is 73.5 Å². The van der Waals surface area contributed by atoms with Gasteiger partial charge in [-0.3, -0.25) is 0 Å².